The quantitative estimate of drug-likeness (QED) is 0.255. The summed E-state index contributed by atoms with van der Waals surface area (Å²) in [6, 6.07) is 14.2. The number of pyridine rings is 1. The predicted molar refractivity (Wildman–Crippen MR) is 124 cm³/mol. The highest BCUT2D eigenvalue weighted by Crippen LogP contribution is 2.26. The number of nitrogens with zero attached hydrogens (tertiary/aromatic N) is 1. The van der Waals surface area contributed by atoms with Gasteiger partial charge in [-0.1, -0.05) is 53.6 Å². The van der Waals surface area contributed by atoms with Crippen LogP contribution in [0.15, 0.2) is 60.9 Å². The molecule has 4 nitrogen and oxygen atoms in total. The van der Waals surface area contributed by atoms with Crippen molar-refractivity contribution in [1.82, 2.24) is 0 Å². The van der Waals surface area contributed by atoms with Gasteiger partial charge in [0.2, 0.25) is 5.70 Å². The Bertz CT molecular complexity index is 1150. The van der Waals surface area contributed by atoms with E-state index in [-0.39, 0.29) is 28.1 Å². The van der Waals surface area contributed by atoms with Gasteiger partial charge in [-0.25, -0.2) is 0 Å². The average molecular weight is 459 g/mol. The van der Waals surface area contributed by atoms with Crippen molar-refractivity contribution in [2.45, 2.75) is 20.5 Å². The van der Waals surface area contributed by atoms with Gasteiger partial charge < -0.3 is 15.5 Å². The number of aliphatic hydroxyl groups is 1. The van der Waals surface area contributed by atoms with Gasteiger partial charge in [-0.3, -0.25) is 0 Å². The van der Waals surface area contributed by atoms with Gasteiger partial charge in [0.15, 0.2) is 17.4 Å². The Morgan fingerprint density at radius 3 is 2.57 bits per heavy atom. The van der Waals surface area contributed by atoms with Crippen molar-refractivity contribution in [1.29, 1.82) is 0 Å². The molecule has 7 heteroatoms. The Balaban J connectivity index is 2.14. The fourth-order valence-corrected chi connectivity index (χ4v) is 3.53. The number of thiocarbonyl (C=S) groups is 1. The third-order valence-electron chi connectivity index (χ3n) is 4.56. The highest BCUT2D eigenvalue weighted by Gasteiger charge is 2.20. The van der Waals surface area contributed by atoms with Crippen molar-refractivity contribution >= 4 is 57.6 Å². The lowest BCUT2D eigenvalue weighted by Gasteiger charge is -2.18. The van der Waals surface area contributed by atoms with Gasteiger partial charge in [-0.15, -0.1) is 0 Å². The van der Waals surface area contributed by atoms with Crippen molar-refractivity contribution in [2.75, 3.05) is 5.32 Å². The number of anilines is 1. The minimum Gasteiger partial charge on any atom is -0.867 e. The van der Waals surface area contributed by atoms with Crippen LogP contribution < -0.4 is 15.0 Å². The molecular formula is C23H20Cl2N2O2S. The van der Waals surface area contributed by atoms with Gasteiger partial charge in [-0.2, -0.15) is 4.57 Å². The second-order valence-electron chi connectivity index (χ2n) is 6.86. The zero-order chi connectivity index (χ0) is 21.8. The molecule has 0 aliphatic rings. The predicted octanol–water partition coefficient (Wildman–Crippen LogP) is 4.52. The fraction of sp³-hybridized carbons (Fsp3) is 0.130. The molecule has 0 saturated heterocycles. The van der Waals surface area contributed by atoms with Gasteiger partial charge in [0.1, 0.15) is 0 Å². The van der Waals surface area contributed by atoms with Crippen LogP contribution in [0.2, 0.25) is 10.0 Å². The molecule has 1 heterocycles. The summed E-state index contributed by atoms with van der Waals surface area (Å²) in [7, 11) is 0. The Labute approximate surface area is 191 Å². The number of hydrogen-bond acceptors (Lipinski definition) is 3. The Kier molecular flexibility index (Phi) is 7.10. The van der Waals surface area contributed by atoms with Crippen LogP contribution in [0, 0.1) is 13.8 Å². The minimum atomic E-state index is -0.323. The molecular weight excluding hydrogens is 439 g/mol. The number of hydrogen-bond donors (Lipinski definition) is 2. The highest BCUT2D eigenvalue weighted by molar-refractivity contribution is 7.81. The van der Waals surface area contributed by atoms with Crippen LogP contribution >= 0.6 is 35.4 Å². The maximum absolute atomic E-state index is 13.4. The van der Waals surface area contributed by atoms with Crippen molar-refractivity contribution in [3.63, 3.8) is 0 Å². The molecule has 2 aromatic carbocycles. The van der Waals surface area contributed by atoms with E-state index in [0.717, 1.165) is 16.8 Å². The topological polar surface area (TPSA) is 59.2 Å². The van der Waals surface area contributed by atoms with Gasteiger partial charge in [0, 0.05) is 17.3 Å². The fourth-order valence-electron chi connectivity index (χ4n) is 2.92. The molecule has 0 amide bonds. The first-order chi connectivity index (χ1) is 14.3. The molecule has 0 atom stereocenters. The number of rotatable bonds is 5. The van der Waals surface area contributed by atoms with Crippen LogP contribution in [-0.4, -0.2) is 10.1 Å². The Morgan fingerprint density at radius 2 is 1.87 bits per heavy atom. The first-order valence-electron chi connectivity index (χ1n) is 9.17. The number of halogens is 2. The van der Waals surface area contributed by atoms with E-state index in [4.69, 9.17) is 35.4 Å². The van der Waals surface area contributed by atoms with E-state index in [0.29, 0.717) is 16.1 Å². The summed E-state index contributed by atoms with van der Waals surface area (Å²) in [5, 5.41) is 26.8. The molecule has 0 unspecified atom stereocenters. The van der Waals surface area contributed by atoms with Gasteiger partial charge >= 0.3 is 0 Å². The zero-order valence-electron chi connectivity index (χ0n) is 16.4. The number of benzene rings is 2. The van der Waals surface area contributed by atoms with E-state index in [2.05, 4.69) is 5.32 Å². The Morgan fingerprint density at radius 1 is 1.10 bits per heavy atom. The molecule has 0 radical (unpaired) electrons. The molecule has 0 aliphatic carbocycles. The molecule has 30 heavy (non-hydrogen) atoms. The number of aliphatic hydroxyl groups excluding tert-OH is 1. The van der Waals surface area contributed by atoms with E-state index in [1.807, 2.05) is 32.0 Å². The van der Waals surface area contributed by atoms with Crippen LogP contribution in [0.4, 0.5) is 5.69 Å². The van der Waals surface area contributed by atoms with Gasteiger partial charge in [-0.05, 0) is 60.6 Å². The third kappa shape index (κ3) is 4.99. The van der Waals surface area contributed by atoms with Gasteiger partial charge in [0.25, 0.3) is 0 Å². The molecule has 0 spiro atoms. The molecule has 1 aromatic heterocycles. The second-order valence-corrected chi connectivity index (χ2v) is 8.08. The van der Waals surface area contributed by atoms with Crippen LogP contribution in [0.25, 0.3) is 11.5 Å². The lowest BCUT2D eigenvalue weighted by molar-refractivity contribution is -0.578. The zero-order valence-corrected chi connectivity index (χ0v) is 18.8. The lowest BCUT2D eigenvalue weighted by Crippen LogP contribution is -2.40. The van der Waals surface area contributed by atoms with Crippen molar-refractivity contribution in [3.8, 4) is 0 Å². The molecule has 0 fully saturated rings. The number of aryl methyl sites for hydroxylation is 2. The van der Waals surface area contributed by atoms with Crippen molar-refractivity contribution in [3.05, 3.63) is 93.2 Å². The van der Waals surface area contributed by atoms with Crippen molar-refractivity contribution < 1.29 is 14.8 Å². The minimum absolute atomic E-state index is 0.160. The smallest absolute Gasteiger partial charge is 0.238 e. The first kappa shape index (κ1) is 22.2. The van der Waals surface area contributed by atoms with Crippen LogP contribution in [0.3, 0.4) is 0 Å². The summed E-state index contributed by atoms with van der Waals surface area (Å²) in [5.74, 6) is -0.323. The van der Waals surface area contributed by atoms with E-state index >= 15 is 0 Å². The van der Waals surface area contributed by atoms with E-state index in [1.54, 1.807) is 41.2 Å². The standard InChI is InChI=1S/C23H20Cl2N2O2S/c1-14-5-6-15(2)20(10-14)26-23(30)21(27-9-3-4-16(12-27)13-28)22(29)17-7-8-18(24)19(25)11-17/h3-12,28H,13H2,1-2H3,(H-,26,29,30). The normalized spacial score (nSPS) is 11.8. The SMILES string of the molecule is Cc1ccc(C)c(NC(=S)/C(=C(\[O-])c2ccc(Cl)c(Cl)c2)[n+]2cccc(CO)c2)c1. The second kappa shape index (κ2) is 9.58. The highest BCUT2D eigenvalue weighted by atomic mass is 35.5. The molecule has 0 bridgehead atoms. The Hall–Kier alpha value is -2.44. The molecule has 3 aromatic rings. The summed E-state index contributed by atoms with van der Waals surface area (Å²) < 4.78 is 1.61. The largest absolute Gasteiger partial charge is 0.867 e. The summed E-state index contributed by atoms with van der Waals surface area (Å²) in [6.45, 7) is 3.79. The van der Waals surface area contributed by atoms with Crippen LogP contribution in [0.5, 0.6) is 0 Å². The van der Waals surface area contributed by atoms with E-state index in [1.165, 1.54) is 6.07 Å². The molecule has 0 aliphatic heterocycles. The number of nitrogens with one attached hydrogen (secondary N) is 1. The van der Waals surface area contributed by atoms with Crippen LogP contribution in [-0.2, 0) is 6.61 Å². The summed E-state index contributed by atoms with van der Waals surface area (Å²) in [6.07, 6.45) is 3.38. The third-order valence-corrected chi connectivity index (χ3v) is 5.59. The summed E-state index contributed by atoms with van der Waals surface area (Å²) in [4.78, 5) is 0.250. The monoisotopic (exact) mass is 458 g/mol. The first-order valence-corrected chi connectivity index (χ1v) is 10.3. The van der Waals surface area contributed by atoms with Gasteiger partial charge in [0.05, 0.1) is 16.7 Å². The maximum Gasteiger partial charge on any atom is 0.238 e. The van der Waals surface area contributed by atoms with E-state index < -0.39 is 0 Å². The molecule has 2 N–H and O–H groups in total. The van der Waals surface area contributed by atoms with Crippen LogP contribution in [0.1, 0.15) is 22.3 Å². The molecule has 0 saturated carbocycles. The summed E-state index contributed by atoms with van der Waals surface area (Å²) in [5.41, 5.74) is 4.12. The molecule has 154 valence electrons. The lowest BCUT2D eigenvalue weighted by atomic mass is 10.1. The maximum atomic E-state index is 13.4. The summed E-state index contributed by atoms with van der Waals surface area (Å²) >= 11 is 17.8. The number of aromatic nitrogens is 1. The average Bonchev–Trinajstić information content (AvgIpc) is 2.73. The van der Waals surface area contributed by atoms with E-state index in [9.17, 15) is 10.2 Å². The molecule has 3 rings (SSSR count). The van der Waals surface area contributed by atoms with Crippen molar-refractivity contribution in [2.24, 2.45) is 0 Å².